The molecule has 28 heavy (non-hydrogen) atoms. The lowest BCUT2D eigenvalue weighted by Gasteiger charge is -2.30. The summed E-state index contributed by atoms with van der Waals surface area (Å²) < 4.78 is 31.3. The molecule has 2 rings (SSSR count). The lowest BCUT2D eigenvalue weighted by Crippen LogP contribution is -2.47. The van der Waals surface area contributed by atoms with E-state index < -0.39 is 22.0 Å². The number of carbonyl (C=O) groups is 1. The number of halogens is 1. The van der Waals surface area contributed by atoms with Gasteiger partial charge in [-0.1, -0.05) is 43.6 Å². The molecule has 0 saturated heterocycles. The molecular weight excluding hydrogens is 400 g/mol. The van der Waals surface area contributed by atoms with Crippen molar-refractivity contribution in [2.45, 2.75) is 32.7 Å². The highest BCUT2D eigenvalue weighted by atomic mass is 35.5. The number of nitrogens with one attached hydrogen (secondary N) is 1. The Morgan fingerprint density at radius 1 is 1.21 bits per heavy atom. The molecule has 8 heteroatoms. The van der Waals surface area contributed by atoms with Crippen molar-refractivity contribution in [2.24, 2.45) is 0 Å². The largest absolute Gasteiger partial charge is 0.495 e. The molecule has 0 radical (unpaired) electrons. The van der Waals surface area contributed by atoms with E-state index in [9.17, 15) is 13.2 Å². The van der Waals surface area contributed by atoms with E-state index in [4.69, 9.17) is 16.3 Å². The molecule has 0 spiro atoms. The third-order valence-electron chi connectivity index (χ3n) is 4.38. The van der Waals surface area contributed by atoms with Crippen molar-refractivity contribution in [1.82, 2.24) is 0 Å². The number of rotatable bonds is 8. The first-order valence-corrected chi connectivity index (χ1v) is 11.2. The Hall–Kier alpha value is -2.25. The van der Waals surface area contributed by atoms with Crippen LogP contribution in [-0.2, 0) is 21.2 Å². The molecule has 2 aromatic rings. The molecule has 2 aromatic carbocycles. The molecule has 1 amide bonds. The Morgan fingerprint density at radius 2 is 1.89 bits per heavy atom. The molecule has 0 aromatic heterocycles. The van der Waals surface area contributed by atoms with Crippen molar-refractivity contribution in [3.63, 3.8) is 0 Å². The van der Waals surface area contributed by atoms with Crippen LogP contribution in [0.25, 0.3) is 0 Å². The summed E-state index contributed by atoms with van der Waals surface area (Å²) in [7, 11) is -2.27. The number of anilines is 2. The van der Waals surface area contributed by atoms with E-state index in [1.54, 1.807) is 25.1 Å². The highest BCUT2D eigenvalue weighted by molar-refractivity contribution is 7.92. The monoisotopic (exact) mass is 424 g/mol. The van der Waals surface area contributed by atoms with E-state index in [2.05, 4.69) is 5.32 Å². The molecule has 0 bridgehead atoms. The van der Waals surface area contributed by atoms with Crippen LogP contribution in [0.1, 0.15) is 25.8 Å². The van der Waals surface area contributed by atoms with Crippen molar-refractivity contribution in [1.29, 1.82) is 0 Å². The number of aryl methyl sites for hydroxylation is 1. The van der Waals surface area contributed by atoms with Crippen LogP contribution in [0.3, 0.4) is 0 Å². The highest BCUT2D eigenvalue weighted by Crippen LogP contribution is 2.32. The maximum absolute atomic E-state index is 13.0. The summed E-state index contributed by atoms with van der Waals surface area (Å²) in [5, 5.41) is 3.13. The first kappa shape index (κ1) is 22.0. The molecule has 0 fully saturated rings. The topological polar surface area (TPSA) is 75.7 Å². The number of ether oxygens (including phenoxy) is 1. The van der Waals surface area contributed by atoms with E-state index in [-0.39, 0.29) is 11.4 Å². The second-order valence-corrected chi connectivity index (χ2v) is 8.57. The molecule has 0 unspecified atom stereocenters. The van der Waals surface area contributed by atoms with Gasteiger partial charge in [0, 0.05) is 5.69 Å². The molecule has 0 aliphatic heterocycles. The number of hydrogen-bond donors (Lipinski definition) is 1. The quantitative estimate of drug-likeness (QED) is 0.692. The molecule has 152 valence electrons. The Labute approximate surface area is 171 Å². The summed E-state index contributed by atoms with van der Waals surface area (Å²) in [4.78, 5) is 13.0. The average molecular weight is 425 g/mol. The minimum absolute atomic E-state index is 0.264. The fourth-order valence-corrected chi connectivity index (χ4v) is 4.47. The summed E-state index contributed by atoms with van der Waals surface area (Å²) >= 11 is 6.17. The maximum atomic E-state index is 13.0. The van der Waals surface area contributed by atoms with Gasteiger partial charge in [-0.05, 0) is 42.7 Å². The van der Waals surface area contributed by atoms with Crippen LogP contribution in [0.5, 0.6) is 5.75 Å². The number of hydrogen-bond acceptors (Lipinski definition) is 4. The van der Waals surface area contributed by atoms with Gasteiger partial charge >= 0.3 is 0 Å². The number of amides is 1. The van der Waals surface area contributed by atoms with E-state index in [1.165, 1.54) is 13.2 Å². The van der Waals surface area contributed by atoms with Gasteiger partial charge in [0.1, 0.15) is 11.8 Å². The first-order chi connectivity index (χ1) is 13.2. The van der Waals surface area contributed by atoms with Crippen LogP contribution in [0.2, 0.25) is 5.02 Å². The molecule has 1 N–H and O–H groups in total. The number of methoxy groups -OCH3 is 1. The second-order valence-electron chi connectivity index (χ2n) is 6.30. The highest BCUT2D eigenvalue weighted by Gasteiger charge is 2.32. The van der Waals surface area contributed by atoms with E-state index in [0.717, 1.165) is 22.5 Å². The molecule has 0 aliphatic rings. The van der Waals surface area contributed by atoms with Gasteiger partial charge in [-0.25, -0.2) is 8.42 Å². The van der Waals surface area contributed by atoms with Gasteiger partial charge in [-0.2, -0.15) is 0 Å². The number of benzene rings is 2. The summed E-state index contributed by atoms with van der Waals surface area (Å²) in [5.41, 5.74) is 1.96. The van der Waals surface area contributed by atoms with E-state index in [1.807, 2.05) is 25.1 Å². The molecule has 6 nitrogen and oxygen atoms in total. The van der Waals surface area contributed by atoms with Gasteiger partial charge in [-0.3, -0.25) is 9.10 Å². The Bertz CT molecular complexity index is 947. The van der Waals surface area contributed by atoms with Crippen molar-refractivity contribution >= 4 is 38.9 Å². The zero-order valence-corrected chi connectivity index (χ0v) is 18.0. The smallest absolute Gasteiger partial charge is 0.248 e. The lowest BCUT2D eigenvalue weighted by molar-refractivity contribution is -0.117. The molecular formula is C20H25ClN2O4S. The second kappa shape index (κ2) is 9.30. The molecule has 0 heterocycles. The summed E-state index contributed by atoms with van der Waals surface area (Å²) in [6.07, 6.45) is 2.11. The van der Waals surface area contributed by atoms with Crippen LogP contribution < -0.4 is 14.4 Å². The van der Waals surface area contributed by atoms with Crippen LogP contribution in [0, 0.1) is 0 Å². The van der Waals surface area contributed by atoms with Crippen LogP contribution in [-0.4, -0.2) is 33.7 Å². The third-order valence-corrected chi connectivity index (χ3v) is 5.85. The molecule has 0 saturated carbocycles. The summed E-state index contributed by atoms with van der Waals surface area (Å²) in [5.74, 6) is 0.0222. The van der Waals surface area contributed by atoms with Crippen molar-refractivity contribution in [2.75, 3.05) is 23.0 Å². The number of carbonyl (C=O) groups excluding carboxylic acids is 1. The van der Waals surface area contributed by atoms with Crippen molar-refractivity contribution in [3.05, 3.63) is 53.1 Å². The Kier molecular flexibility index (Phi) is 7.32. The fraction of sp³-hybridized carbons (Fsp3) is 0.350. The Balaban J connectivity index is 2.43. The zero-order chi connectivity index (χ0) is 20.9. The van der Waals surface area contributed by atoms with Crippen molar-refractivity contribution < 1.29 is 17.9 Å². The SMILES string of the molecule is CCc1ccccc1NC(=O)[C@H](CC)N(c1ccc(OC)c(Cl)c1)S(C)(=O)=O. The predicted octanol–water partition coefficient (Wildman–Crippen LogP) is 4.09. The Morgan fingerprint density at radius 3 is 2.43 bits per heavy atom. The zero-order valence-electron chi connectivity index (χ0n) is 16.4. The van der Waals surface area contributed by atoms with Gasteiger partial charge in [0.25, 0.3) is 0 Å². The predicted molar refractivity (Wildman–Crippen MR) is 114 cm³/mol. The lowest BCUT2D eigenvalue weighted by atomic mass is 10.1. The standard InChI is InChI=1S/C20H25ClN2O4S/c1-5-14-9-7-8-10-17(14)22-20(24)18(6-2)23(28(4,25)26)15-11-12-19(27-3)16(21)13-15/h7-13,18H,5-6H2,1-4H3,(H,22,24)/t18-/m0/s1. The van der Waals surface area contributed by atoms with Gasteiger partial charge in [-0.15, -0.1) is 0 Å². The van der Waals surface area contributed by atoms with Crippen LogP contribution in [0.15, 0.2) is 42.5 Å². The van der Waals surface area contributed by atoms with Gasteiger partial charge < -0.3 is 10.1 Å². The minimum Gasteiger partial charge on any atom is -0.495 e. The van der Waals surface area contributed by atoms with Gasteiger partial charge in [0.05, 0.1) is 24.1 Å². The third kappa shape index (κ3) is 4.97. The first-order valence-electron chi connectivity index (χ1n) is 8.94. The van der Waals surface area contributed by atoms with E-state index in [0.29, 0.717) is 17.1 Å². The average Bonchev–Trinajstić information content (AvgIpc) is 2.65. The summed E-state index contributed by atoms with van der Waals surface area (Å²) in [6, 6.07) is 11.2. The number of nitrogens with zero attached hydrogens (tertiary/aromatic N) is 1. The minimum atomic E-state index is -3.75. The summed E-state index contributed by atoms with van der Waals surface area (Å²) in [6.45, 7) is 3.75. The number of para-hydroxylation sites is 1. The van der Waals surface area contributed by atoms with E-state index >= 15 is 0 Å². The van der Waals surface area contributed by atoms with Crippen LogP contribution >= 0.6 is 11.6 Å². The van der Waals surface area contributed by atoms with Gasteiger partial charge in [0.15, 0.2) is 0 Å². The van der Waals surface area contributed by atoms with Crippen molar-refractivity contribution in [3.8, 4) is 5.75 Å². The van der Waals surface area contributed by atoms with Gasteiger partial charge in [0.2, 0.25) is 15.9 Å². The molecule has 1 atom stereocenters. The van der Waals surface area contributed by atoms with Crippen LogP contribution in [0.4, 0.5) is 11.4 Å². The fourth-order valence-electron chi connectivity index (χ4n) is 3.02. The number of sulfonamides is 1. The maximum Gasteiger partial charge on any atom is 0.248 e. The normalized spacial score (nSPS) is 12.3. The molecule has 0 aliphatic carbocycles.